The fourth-order valence-electron chi connectivity index (χ4n) is 9.96. The van der Waals surface area contributed by atoms with Crippen LogP contribution in [0.15, 0.2) is 60.0 Å². The molecule has 38 heavy (non-hydrogen) atoms. The second-order valence-electron chi connectivity index (χ2n) is 13.5. The average molecular weight is 513 g/mol. The van der Waals surface area contributed by atoms with Crippen LogP contribution < -0.4 is 0 Å². The molecule has 1 aromatic carbocycles. The summed E-state index contributed by atoms with van der Waals surface area (Å²) >= 11 is 0. The van der Waals surface area contributed by atoms with Crippen LogP contribution in [0.25, 0.3) is 10.8 Å². The third-order valence-electron chi connectivity index (χ3n) is 11.8. The molecule has 3 aliphatic carbocycles. The van der Waals surface area contributed by atoms with Crippen molar-refractivity contribution in [3.63, 3.8) is 0 Å². The standard InChI is InChI=1S/C32H36N2O4/c1-30-8-6-21-13-23-28-29(37-28)24(34-16-25(35)26(36)17-34)14-31(23)9-10-32(21,38-31)27(30)5-4-22(30)19-3-2-18-7-11-33-15-20(18)12-19/h2-3,6-7,11-13,15,22,24-29,35-36H,4-5,8-10,14,16-17H2,1H3/t22?,24-,25-,26-,27+,28+,29?,30+,31+,32?/m0/s1. The highest BCUT2D eigenvalue weighted by atomic mass is 16.6. The molecule has 3 unspecified atom stereocenters. The molecule has 198 valence electrons. The summed E-state index contributed by atoms with van der Waals surface area (Å²) in [5.41, 5.74) is 3.89. The van der Waals surface area contributed by atoms with Gasteiger partial charge in [0.05, 0.1) is 23.4 Å². The van der Waals surface area contributed by atoms with E-state index >= 15 is 0 Å². The number of rotatable bonds is 2. The van der Waals surface area contributed by atoms with E-state index in [4.69, 9.17) is 9.47 Å². The van der Waals surface area contributed by atoms with Crippen molar-refractivity contribution < 1.29 is 19.7 Å². The van der Waals surface area contributed by atoms with Crippen LogP contribution >= 0.6 is 0 Å². The van der Waals surface area contributed by atoms with Crippen LogP contribution in [0.3, 0.4) is 0 Å². The van der Waals surface area contributed by atoms with Gasteiger partial charge in [0.15, 0.2) is 0 Å². The van der Waals surface area contributed by atoms with Crippen LogP contribution in [0.2, 0.25) is 0 Å². The van der Waals surface area contributed by atoms with Gasteiger partial charge in [0.2, 0.25) is 0 Å². The maximum atomic E-state index is 10.2. The number of fused-ring (bicyclic) bond motifs is 4. The summed E-state index contributed by atoms with van der Waals surface area (Å²) in [5, 5.41) is 23.0. The number of β-amino-alcohol motifs (C(OH)–C–C–N with tert-alkyl or cyclic N) is 2. The molecule has 2 saturated carbocycles. The molecule has 2 spiro atoms. The monoisotopic (exact) mass is 512 g/mol. The molecule has 5 fully saturated rings. The minimum atomic E-state index is -0.668. The molecule has 2 N–H and O–H groups in total. The van der Waals surface area contributed by atoms with Crippen molar-refractivity contribution in [3.05, 3.63) is 65.5 Å². The number of benzene rings is 1. The predicted octanol–water partition coefficient (Wildman–Crippen LogP) is 3.87. The highest BCUT2D eigenvalue weighted by molar-refractivity contribution is 5.82. The largest absolute Gasteiger partial charge is 0.389 e. The number of aliphatic hydroxyl groups is 2. The van der Waals surface area contributed by atoms with E-state index in [2.05, 4.69) is 53.2 Å². The van der Waals surface area contributed by atoms with Gasteiger partial charge in [-0.1, -0.05) is 31.2 Å². The van der Waals surface area contributed by atoms with Gasteiger partial charge in [-0.25, -0.2) is 0 Å². The zero-order valence-corrected chi connectivity index (χ0v) is 21.9. The molecule has 5 heterocycles. The molecule has 4 aliphatic heterocycles. The molecule has 10 atom stereocenters. The lowest BCUT2D eigenvalue weighted by atomic mass is 9.58. The Kier molecular flexibility index (Phi) is 4.39. The van der Waals surface area contributed by atoms with Crippen LogP contribution in [0, 0.1) is 11.3 Å². The summed E-state index contributed by atoms with van der Waals surface area (Å²) in [6.45, 7) is 3.57. The van der Waals surface area contributed by atoms with E-state index in [9.17, 15) is 10.2 Å². The first kappa shape index (κ1) is 22.7. The fraction of sp³-hybridized carbons (Fsp3) is 0.594. The lowest BCUT2D eigenvalue weighted by Crippen LogP contribution is -2.57. The SMILES string of the molecule is C[C@]12CC=C3C=C4[C@H]5OC5[C@@H](N5C[C@H](O)[C@@H](O)C5)C[C@]45CCC3(O5)[C@@H]1CCC2c1ccc2ccncc2c1. The maximum absolute atomic E-state index is 10.2. The highest BCUT2D eigenvalue weighted by Crippen LogP contribution is 2.70. The number of epoxide rings is 1. The number of hydrogen-bond acceptors (Lipinski definition) is 6. The first-order valence-electron chi connectivity index (χ1n) is 14.6. The first-order valence-corrected chi connectivity index (χ1v) is 14.6. The van der Waals surface area contributed by atoms with E-state index in [-0.39, 0.29) is 34.9 Å². The quantitative estimate of drug-likeness (QED) is 0.595. The molecule has 6 heteroatoms. The van der Waals surface area contributed by atoms with Gasteiger partial charge in [-0.2, -0.15) is 0 Å². The van der Waals surface area contributed by atoms with Gasteiger partial charge in [0, 0.05) is 36.9 Å². The maximum Gasteiger partial charge on any atom is 0.110 e. The molecule has 2 bridgehead atoms. The molecule has 3 saturated heterocycles. The highest BCUT2D eigenvalue weighted by Gasteiger charge is 2.71. The number of likely N-dealkylation sites (tertiary alicyclic amines) is 1. The van der Waals surface area contributed by atoms with E-state index in [1.165, 1.54) is 40.3 Å². The Labute approximate surface area is 223 Å². The second-order valence-corrected chi connectivity index (χ2v) is 13.5. The summed E-state index contributed by atoms with van der Waals surface area (Å²) in [5.74, 6) is 1.01. The lowest BCUT2D eigenvalue weighted by Gasteiger charge is -2.54. The number of ether oxygens (including phenoxy) is 2. The van der Waals surface area contributed by atoms with Gasteiger partial charge in [-0.15, -0.1) is 0 Å². The first-order chi connectivity index (χ1) is 18.4. The number of aliphatic hydroxyl groups excluding tert-OH is 2. The Morgan fingerprint density at radius 1 is 1.05 bits per heavy atom. The summed E-state index contributed by atoms with van der Waals surface area (Å²) in [6, 6.07) is 9.29. The van der Waals surface area contributed by atoms with Crippen LogP contribution in [-0.4, -0.2) is 74.8 Å². The van der Waals surface area contributed by atoms with E-state index in [0.717, 1.165) is 25.7 Å². The molecule has 6 nitrogen and oxygen atoms in total. The van der Waals surface area contributed by atoms with Crippen LogP contribution in [0.5, 0.6) is 0 Å². The summed E-state index contributed by atoms with van der Waals surface area (Å²) < 4.78 is 13.8. The molecular weight excluding hydrogens is 476 g/mol. The number of hydrogen-bond donors (Lipinski definition) is 2. The molecule has 0 amide bonds. The molecule has 1 aromatic heterocycles. The Bertz CT molecular complexity index is 1410. The molecular formula is C32H36N2O4. The van der Waals surface area contributed by atoms with Crippen molar-refractivity contribution in [2.45, 2.75) is 93.0 Å². The van der Waals surface area contributed by atoms with E-state index in [1.54, 1.807) is 0 Å². The van der Waals surface area contributed by atoms with Gasteiger partial charge < -0.3 is 19.7 Å². The molecule has 9 rings (SSSR count). The van der Waals surface area contributed by atoms with Crippen LogP contribution in [-0.2, 0) is 9.47 Å². The van der Waals surface area contributed by atoms with Gasteiger partial charge in [0.25, 0.3) is 0 Å². The van der Waals surface area contributed by atoms with Crippen molar-refractivity contribution in [3.8, 4) is 0 Å². The lowest BCUT2D eigenvalue weighted by molar-refractivity contribution is -0.138. The summed E-state index contributed by atoms with van der Waals surface area (Å²) in [4.78, 5) is 6.64. The second kappa shape index (κ2) is 7.35. The van der Waals surface area contributed by atoms with E-state index < -0.39 is 12.2 Å². The Hall–Kier alpha value is -2.09. The van der Waals surface area contributed by atoms with Crippen molar-refractivity contribution in [1.29, 1.82) is 0 Å². The average Bonchev–Trinajstić information content (AvgIpc) is 3.41. The number of nitrogens with zero attached hydrogens (tertiary/aromatic N) is 2. The topological polar surface area (TPSA) is 78.4 Å². The van der Waals surface area contributed by atoms with Crippen LogP contribution in [0.4, 0.5) is 0 Å². The molecule has 2 aromatic rings. The minimum Gasteiger partial charge on any atom is -0.389 e. The zero-order chi connectivity index (χ0) is 25.4. The van der Waals surface area contributed by atoms with E-state index in [1.807, 2.05) is 12.4 Å². The summed E-state index contributed by atoms with van der Waals surface area (Å²) in [6.07, 6.45) is 14.3. The third-order valence-corrected chi connectivity index (χ3v) is 11.8. The van der Waals surface area contributed by atoms with Crippen LogP contribution in [0.1, 0.15) is 56.9 Å². The summed E-state index contributed by atoms with van der Waals surface area (Å²) in [7, 11) is 0. The normalized spacial score (nSPS) is 48.7. The molecule has 0 radical (unpaired) electrons. The smallest absolute Gasteiger partial charge is 0.110 e. The van der Waals surface area contributed by atoms with Gasteiger partial charge in [0.1, 0.15) is 12.2 Å². The Morgan fingerprint density at radius 3 is 2.79 bits per heavy atom. The van der Waals surface area contributed by atoms with Gasteiger partial charge in [-0.05, 0) is 90.0 Å². The van der Waals surface area contributed by atoms with Gasteiger partial charge >= 0.3 is 0 Å². The fourth-order valence-corrected chi connectivity index (χ4v) is 9.96. The zero-order valence-electron chi connectivity index (χ0n) is 21.9. The number of pyridine rings is 1. The predicted molar refractivity (Wildman–Crippen MR) is 143 cm³/mol. The van der Waals surface area contributed by atoms with Crippen molar-refractivity contribution >= 4 is 10.8 Å². The number of aromatic nitrogens is 1. The van der Waals surface area contributed by atoms with Crippen molar-refractivity contribution in [2.75, 3.05) is 13.1 Å². The minimum absolute atomic E-state index is 0.122. The number of allylic oxidation sites excluding steroid dienone is 1. The third kappa shape index (κ3) is 2.78. The Morgan fingerprint density at radius 2 is 1.92 bits per heavy atom. The Balaban J connectivity index is 1.07. The van der Waals surface area contributed by atoms with Gasteiger partial charge in [-0.3, -0.25) is 9.88 Å². The van der Waals surface area contributed by atoms with Crippen molar-refractivity contribution in [2.24, 2.45) is 11.3 Å². The van der Waals surface area contributed by atoms with E-state index in [0.29, 0.717) is 24.9 Å². The molecule has 7 aliphatic rings. The van der Waals surface area contributed by atoms with Crippen molar-refractivity contribution in [1.82, 2.24) is 9.88 Å².